The maximum Gasteiger partial charge on any atom is 0.0928 e. The topological polar surface area (TPSA) is 69.0 Å². The number of ether oxygens (including phenoxy) is 2. The van der Waals surface area contributed by atoms with Crippen molar-refractivity contribution in [2.75, 3.05) is 26.9 Å². The van der Waals surface area contributed by atoms with Crippen LogP contribution in [0.3, 0.4) is 0 Å². The summed E-state index contributed by atoms with van der Waals surface area (Å²) in [7, 11) is 1.66. The summed E-state index contributed by atoms with van der Waals surface area (Å²) in [6, 6.07) is 0.285. The van der Waals surface area contributed by atoms with E-state index in [4.69, 9.17) is 20.2 Å². The van der Waals surface area contributed by atoms with Crippen molar-refractivity contribution in [3.05, 3.63) is 0 Å². The molecule has 0 aromatic carbocycles. The lowest BCUT2D eigenvalue weighted by Gasteiger charge is -2.37. The lowest BCUT2D eigenvalue weighted by molar-refractivity contribution is -0.179. The number of nitrogens with zero attached hydrogens (tertiary/aromatic N) is 1. The summed E-state index contributed by atoms with van der Waals surface area (Å²) in [4.78, 5) is 5.46. The van der Waals surface area contributed by atoms with Gasteiger partial charge >= 0.3 is 0 Å². The van der Waals surface area contributed by atoms with E-state index >= 15 is 0 Å². The molecule has 6 heteroatoms. The van der Waals surface area contributed by atoms with Gasteiger partial charge in [0, 0.05) is 13.1 Å². The van der Waals surface area contributed by atoms with Gasteiger partial charge in [0.05, 0.1) is 37.6 Å². The summed E-state index contributed by atoms with van der Waals surface area (Å²) in [5.74, 6) is 5.54. The van der Waals surface area contributed by atoms with Crippen molar-refractivity contribution in [3.8, 4) is 0 Å². The Bertz CT molecular complexity index is 215. The van der Waals surface area contributed by atoms with Gasteiger partial charge in [-0.3, -0.25) is 4.84 Å². The molecule has 0 atom stereocenters. The number of hydroxylamine groups is 1. The minimum Gasteiger partial charge on any atom is -0.377 e. The first-order chi connectivity index (χ1) is 9.17. The van der Waals surface area contributed by atoms with E-state index in [-0.39, 0.29) is 18.2 Å². The Kier molecular flexibility index (Phi) is 9.54. The van der Waals surface area contributed by atoms with Crippen LogP contribution in [0.15, 0.2) is 0 Å². The van der Waals surface area contributed by atoms with Gasteiger partial charge in [-0.15, -0.1) is 5.17 Å². The Labute approximate surface area is 123 Å². The maximum atomic E-state index is 5.79. The zero-order valence-electron chi connectivity index (χ0n) is 14.1. The van der Waals surface area contributed by atoms with Gasteiger partial charge in [0.1, 0.15) is 0 Å². The first-order valence-electron chi connectivity index (χ1n) is 7.29. The van der Waals surface area contributed by atoms with E-state index in [2.05, 4.69) is 19.2 Å². The van der Waals surface area contributed by atoms with Crippen molar-refractivity contribution in [1.82, 2.24) is 10.5 Å². The van der Waals surface area contributed by atoms with Crippen molar-refractivity contribution >= 4 is 0 Å². The number of nitrogens with two attached hydrogens (primary N) is 1. The normalized spacial score (nSPS) is 13.2. The molecule has 0 aromatic rings. The third-order valence-electron chi connectivity index (χ3n) is 2.53. The van der Waals surface area contributed by atoms with Crippen LogP contribution in [0.2, 0.25) is 0 Å². The smallest absolute Gasteiger partial charge is 0.0928 e. The van der Waals surface area contributed by atoms with E-state index in [0.717, 1.165) is 0 Å². The van der Waals surface area contributed by atoms with Gasteiger partial charge in [0.2, 0.25) is 0 Å². The fourth-order valence-electron chi connectivity index (χ4n) is 1.74. The van der Waals surface area contributed by atoms with E-state index in [1.807, 2.05) is 27.7 Å². The van der Waals surface area contributed by atoms with Crippen molar-refractivity contribution in [2.45, 2.75) is 65.3 Å². The van der Waals surface area contributed by atoms with Crippen LogP contribution in [0.5, 0.6) is 0 Å². The van der Waals surface area contributed by atoms with Gasteiger partial charge < -0.3 is 14.8 Å². The van der Waals surface area contributed by atoms with E-state index in [1.165, 1.54) is 5.17 Å². The Morgan fingerprint density at radius 2 is 1.40 bits per heavy atom. The molecule has 20 heavy (non-hydrogen) atoms. The molecule has 0 aliphatic heterocycles. The average molecular weight is 291 g/mol. The van der Waals surface area contributed by atoms with E-state index in [9.17, 15) is 0 Å². The van der Waals surface area contributed by atoms with Crippen LogP contribution >= 0.6 is 0 Å². The summed E-state index contributed by atoms with van der Waals surface area (Å²) in [5.41, 5.74) is -0.420. The molecular weight excluding hydrogens is 258 g/mol. The molecule has 0 heterocycles. The average Bonchev–Trinajstić information content (AvgIpc) is 2.30. The Hall–Kier alpha value is -0.240. The number of hydrogen-bond donors (Lipinski definition) is 2. The van der Waals surface area contributed by atoms with Crippen molar-refractivity contribution in [3.63, 3.8) is 0 Å². The highest BCUT2D eigenvalue weighted by Gasteiger charge is 2.33. The molecule has 0 aromatic heterocycles. The second-order valence-electron chi connectivity index (χ2n) is 6.12. The number of hydrazine groups is 1. The molecule has 0 bridgehead atoms. The zero-order valence-corrected chi connectivity index (χ0v) is 14.1. The predicted molar refractivity (Wildman–Crippen MR) is 81.1 cm³/mol. The van der Waals surface area contributed by atoms with Crippen LogP contribution < -0.4 is 11.2 Å². The van der Waals surface area contributed by atoms with Gasteiger partial charge in [0.15, 0.2) is 0 Å². The van der Waals surface area contributed by atoms with Gasteiger partial charge in [-0.25, -0.2) is 5.84 Å². The second kappa shape index (κ2) is 9.65. The highest BCUT2D eigenvalue weighted by atomic mass is 16.7. The van der Waals surface area contributed by atoms with E-state index in [0.29, 0.717) is 19.8 Å². The second-order valence-corrected chi connectivity index (χ2v) is 6.12. The summed E-state index contributed by atoms with van der Waals surface area (Å²) in [6.07, 6.45) is 0.302. The van der Waals surface area contributed by atoms with Gasteiger partial charge in [0.25, 0.3) is 0 Å². The number of nitrogens with one attached hydrogen (secondary N) is 1. The van der Waals surface area contributed by atoms with Crippen LogP contribution in [0.4, 0.5) is 0 Å². The maximum absolute atomic E-state index is 5.79. The molecule has 122 valence electrons. The summed E-state index contributed by atoms with van der Waals surface area (Å²) >= 11 is 0. The van der Waals surface area contributed by atoms with Crippen LogP contribution in [0.1, 0.15) is 41.5 Å². The fraction of sp³-hybridized carbons (Fsp3) is 1.00. The predicted octanol–water partition coefficient (Wildman–Crippen LogP) is 1.31. The van der Waals surface area contributed by atoms with Crippen LogP contribution in [0.25, 0.3) is 0 Å². The van der Waals surface area contributed by atoms with Crippen LogP contribution in [-0.2, 0) is 14.3 Å². The Morgan fingerprint density at radius 3 is 1.70 bits per heavy atom. The molecule has 0 aliphatic rings. The van der Waals surface area contributed by atoms with E-state index in [1.54, 1.807) is 7.05 Å². The lowest BCUT2D eigenvalue weighted by atomic mass is 10.0. The molecule has 6 nitrogen and oxygen atoms in total. The number of rotatable bonds is 11. The standard InChI is InChI=1S/C14H33N3O3/c1-11(2)16-14(8-18-12(3)4,9-19-13(5)6)10-20-17(7)15/h11-13,16H,8-10,15H2,1-7H3. The summed E-state index contributed by atoms with van der Waals surface area (Å²) in [5, 5.41) is 4.71. The van der Waals surface area contributed by atoms with Gasteiger partial charge in [-0.1, -0.05) is 13.8 Å². The SMILES string of the molecule is CC(C)NC(COC(C)C)(COC(C)C)CON(C)N. The van der Waals surface area contributed by atoms with Crippen molar-refractivity contribution in [1.29, 1.82) is 0 Å². The van der Waals surface area contributed by atoms with E-state index < -0.39 is 5.54 Å². The quantitative estimate of drug-likeness (QED) is 0.442. The summed E-state index contributed by atoms with van der Waals surface area (Å²) in [6.45, 7) is 13.6. The fourth-order valence-corrected chi connectivity index (χ4v) is 1.74. The molecule has 0 aliphatic carbocycles. The van der Waals surface area contributed by atoms with Crippen molar-refractivity contribution < 1.29 is 14.3 Å². The van der Waals surface area contributed by atoms with Crippen molar-refractivity contribution in [2.24, 2.45) is 5.84 Å². The van der Waals surface area contributed by atoms with Gasteiger partial charge in [-0.05, 0) is 27.7 Å². The molecule has 0 radical (unpaired) electrons. The monoisotopic (exact) mass is 291 g/mol. The zero-order chi connectivity index (χ0) is 15.8. The first kappa shape index (κ1) is 19.8. The molecule has 0 rings (SSSR count). The molecule has 0 fully saturated rings. The third kappa shape index (κ3) is 9.63. The van der Waals surface area contributed by atoms with Crippen LogP contribution in [0, 0.1) is 0 Å². The molecule has 0 saturated carbocycles. The molecule has 0 amide bonds. The third-order valence-corrected chi connectivity index (χ3v) is 2.53. The molecule has 0 spiro atoms. The first-order valence-corrected chi connectivity index (χ1v) is 7.29. The Morgan fingerprint density at radius 1 is 0.950 bits per heavy atom. The highest BCUT2D eigenvalue weighted by molar-refractivity contribution is 4.90. The van der Waals surface area contributed by atoms with Gasteiger partial charge in [-0.2, -0.15) is 0 Å². The largest absolute Gasteiger partial charge is 0.377 e. The lowest BCUT2D eigenvalue weighted by Crippen LogP contribution is -2.60. The molecular formula is C14H33N3O3. The minimum absolute atomic E-state index is 0.151. The molecule has 0 unspecified atom stereocenters. The Balaban J connectivity index is 4.84. The number of hydrogen-bond acceptors (Lipinski definition) is 6. The minimum atomic E-state index is -0.420. The molecule has 0 saturated heterocycles. The highest BCUT2D eigenvalue weighted by Crippen LogP contribution is 2.13. The summed E-state index contributed by atoms with van der Waals surface area (Å²) < 4.78 is 11.6. The molecule has 3 N–H and O–H groups in total. The van der Waals surface area contributed by atoms with Crippen LogP contribution in [-0.4, -0.2) is 55.8 Å².